The summed E-state index contributed by atoms with van der Waals surface area (Å²) < 4.78 is 10.7. The number of hydrogen-bond acceptors (Lipinski definition) is 4. The van der Waals surface area contributed by atoms with Gasteiger partial charge in [0.1, 0.15) is 5.84 Å². The number of rotatable bonds is 2. The van der Waals surface area contributed by atoms with Crippen LogP contribution in [0.15, 0.2) is 17.1 Å². The number of methoxy groups -OCH3 is 2. The Balaban J connectivity index is 2.01. The SMILES string of the molecule is COc1cc2c(cc1OC)N=C1CCCCCN1C2. The van der Waals surface area contributed by atoms with Gasteiger partial charge in [0.25, 0.3) is 0 Å². The molecule has 0 radical (unpaired) electrons. The van der Waals surface area contributed by atoms with Crippen molar-refractivity contribution in [3.8, 4) is 11.5 Å². The van der Waals surface area contributed by atoms with Gasteiger partial charge >= 0.3 is 0 Å². The fraction of sp³-hybridized carbons (Fsp3) is 0.533. The summed E-state index contributed by atoms with van der Waals surface area (Å²) in [6.07, 6.45) is 4.91. The maximum Gasteiger partial charge on any atom is 0.162 e. The first-order chi connectivity index (χ1) is 9.31. The minimum atomic E-state index is 0.757. The molecular weight excluding hydrogens is 240 g/mol. The van der Waals surface area contributed by atoms with Gasteiger partial charge in [-0.3, -0.25) is 0 Å². The van der Waals surface area contributed by atoms with Crippen LogP contribution in [0.3, 0.4) is 0 Å². The van der Waals surface area contributed by atoms with E-state index >= 15 is 0 Å². The molecule has 0 aliphatic carbocycles. The number of hydrogen-bond donors (Lipinski definition) is 0. The average molecular weight is 260 g/mol. The van der Waals surface area contributed by atoms with Crippen LogP contribution in [-0.4, -0.2) is 31.5 Å². The minimum Gasteiger partial charge on any atom is -0.493 e. The third-order valence-corrected chi connectivity index (χ3v) is 3.89. The highest BCUT2D eigenvalue weighted by molar-refractivity contribution is 5.87. The van der Waals surface area contributed by atoms with Crippen LogP contribution >= 0.6 is 0 Å². The number of nitrogens with zero attached hydrogens (tertiary/aromatic N) is 2. The summed E-state index contributed by atoms with van der Waals surface area (Å²) in [5.41, 5.74) is 2.26. The molecule has 1 fully saturated rings. The van der Waals surface area contributed by atoms with Gasteiger partial charge in [0.2, 0.25) is 0 Å². The first-order valence-corrected chi connectivity index (χ1v) is 6.89. The van der Waals surface area contributed by atoms with Crippen molar-refractivity contribution in [1.29, 1.82) is 0 Å². The molecule has 1 saturated heterocycles. The topological polar surface area (TPSA) is 34.1 Å². The van der Waals surface area contributed by atoms with Crippen molar-refractivity contribution in [3.05, 3.63) is 17.7 Å². The molecule has 2 heterocycles. The lowest BCUT2D eigenvalue weighted by Crippen LogP contribution is -2.32. The van der Waals surface area contributed by atoms with Crippen LogP contribution in [0.5, 0.6) is 11.5 Å². The Labute approximate surface area is 114 Å². The van der Waals surface area contributed by atoms with Crippen LogP contribution in [0.2, 0.25) is 0 Å². The second-order valence-electron chi connectivity index (χ2n) is 5.10. The Morgan fingerprint density at radius 3 is 2.63 bits per heavy atom. The highest BCUT2D eigenvalue weighted by Gasteiger charge is 2.23. The van der Waals surface area contributed by atoms with Gasteiger partial charge < -0.3 is 14.4 Å². The summed E-state index contributed by atoms with van der Waals surface area (Å²) in [5, 5.41) is 0. The zero-order valence-corrected chi connectivity index (χ0v) is 11.6. The molecule has 0 aromatic heterocycles. The van der Waals surface area contributed by atoms with Crippen molar-refractivity contribution in [2.75, 3.05) is 20.8 Å². The molecule has 0 N–H and O–H groups in total. The standard InChI is InChI=1S/C15H20N2O2/c1-18-13-8-11-10-17-7-5-3-4-6-15(17)16-12(11)9-14(13)19-2/h8-9H,3-7,10H2,1-2H3. The molecule has 3 rings (SSSR count). The quantitative estimate of drug-likeness (QED) is 0.819. The highest BCUT2D eigenvalue weighted by Crippen LogP contribution is 2.38. The van der Waals surface area contributed by atoms with E-state index in [1.165, 1.54) is 30.7 Å². The van der Waals surface area contributed by atoms with Gasteiger partial charge in [0.15, 0.2) is 11.5 Å². The fourth-order valence-corrected chi connectivity index (χ4v) is 2.83. The summed E-state index contributed by atoms with van der Waals surface area (Å²) in [7, 11) is 3.34. The summed E-state index contributed by atoms with van der Waals surface area (Å²) in [6, 6.07) is 4.04. The lowest BCUT2D eigenvalue weighted by Gasteiger charge is -2.29. The lowest BCUT2D eigenvalue weighted by atomic mass is 10.1. The van der Waals surface area contributed by atoms with Crippen LogP contribution in [0.25, 0.3) is 0 Å². The maximum absolute atomic E-state index is 5.37. The molecule has 0 spiro atoms. The maximum atomic E-state index is 5.37. The molecule has 1 aromatic rings. The summed E-state index contributed by atoms with van der Waals surface area (Å²) in [5.74, 6) is 2.78. The van der Waals surface area contributed by atoms with Crippen molar-refractivity contribution in [3.63, 3.8) is 0 Å². The Morgan fingerprint density at radius 2 is 1.84 bits per heavy atom. The van der Waals surface area contributed by atoms with Crippen LogP contribution in [0.1, 0.15) is 31.2 Å². The number of aliphatic imine (C=N–C) groups is 1. The predicted octanol–water partition coefficient (Wildman–Crippen LogP) is 3.12. The second-order valence-corrected chi connectivity index (χ2v) is 5.10. The fourth-order valence-electron chi connectivity index (χ4n) is 2.83. The van der Waals surface area contributed by atoms with Crippen LogP contribution in [-0.2, 0) is 6.54 Å². The van der Waals surface area contributed by atoms with E-state index in [0.717, 1.165) is 36.7 Å². The molecule has 0 unspecified atom stereocenters. The minimum absolute atomic E-state index is 0.757. The van der Waals surface area contributed by atoms with Gasteiger partial charge in [-0.05, 0) is 18.9 Å². The Bertz CT molecular complexity index is 511. The zero-order chi connectivity index (χ0) is 13.2. The normalized spacial score (nSPS) is 18.0. The van der Waals surface area contributed by atoms with E-state index in [0.29, 0.717) is 0 Å². The smallest absolute Gasteiger partial charge is 0.162 e. The monoisotopic (exact) mass is 260 g/mol. The van der Waals surface area contributed by atoms with Gasteiger partial charge in [-0.1, -0.05) is 6.42 Å². The average Bonchev–Trinajstić information content (AvgIpc) is 2.68. The van der Waals surface area contributed by atoms with E-state index in [2.05, 4.69) is 11.0 Å². The Morgan fingerprint density at radius 1 is 1.05 bits per heavy atom. The number of amidine groups is 1. The van der Waals surface area contributed by atoms with Crippen LogP contribution in [0, 0.1) is 0 Å². The molecule has 1 aromatic carbocycles. The van der Waals surface area contributed by atoms with Crippen molar-refractivity contribution in [2.24, 2.45) is 4.99 Å². The summed E-state index contributed by atoms with van der Waals surface area (Å²) in [4.78, 5) is 7.22. The zero-order valence-electron chi connectivity index (χ0n) is 11.6. The van der Waals surface area contributed by atoms with Gasteiger partial charge in [0, 0.05) is 31.1 Å². The Hall–Kier alpha value is -1.71. The van der Waals surface area contributed by atoms with E-state index < -0.39 is 0 Å². The van der Waals surface area contributed by atoms with E-state index in [4.69, 9.17) is 14.5 Å². The van der Waals surface area contributed by atoms with E-state index in [1.54, 1.807) is 14.2 Å². The molecule has 2 aliphatic rings. The first-order valence-electron chi connectivity index (χ1n) is 6.89. The lowest BCUT2D eigenvalue weighted by molar-refractivity contribution is 0.352. The van der Waals surface area contributed by atoms with Crippen molar-refractivity contribution < 1.29 is 9.47 Å². The molecular formula is C15H20N2O2. The molecule has 0 bridgehead atoms. The third kappa shape index (κ3) is 2.27. The number of ether oxygens (including phenoxy) is 2. The molecule has 19 heavy (non-hydrogen) atoms. The van der Waals surface area contributed by atoms with Gasteiger partial charge in [-0.15, -0.1) is 0 Å². The predicted molar refractivity (Wildman–Crippen MR) is 75.5 cm³/mol. The van der Waals surface area contributed by atoms with E-state index in [-0.39, 0.29) is 0 Å². The molecule has 0 atom stereocenters. The highest BCUT2D eigenvalue weighted by atomic mass is 16.5. The molecule has 0 amide bonds. The summed E-state index contributed by atoms with van der Waals surface area (Å²) in [6.45, 7) is 2.06. The number of fused-ring (bicyclic) bond motifs is 2. The van der Waals surface area contributed by atoms with Crippen molar-refractivity contribution >= 4 is 11.5 Å². The van der Waals surface area contributed by atoms with E-state index in [1.807, 2.05) is 6.07 Å². The van der Waals surface area contributed by atoms with Gasteiger partial charge in [0.05, 0.1) is 19.9 Å². The summed E-state index contributed by atoms with van der Waals surface area (Å²) >= 11 is 0. The first kappa shape index (κ1) is 12.3. The van der Waals surface area contributed by atoms with Crippen LogP contribution < -0.4 is 9.47 Å². The molecule has 4 nitrogen and oxygen atoms in total. The van der Waals surface area contributed by atoms with Gasteiger partial charge in [-0.2, -0.15) is 0 Å². The largest absolute Gasteiger partial charge is 0.493 e. The molecule has 2 aliphatic heterocycles. The number of benzene rings is 1. The Kier molecular flexibility index (Phi) is 3.32. The van der Waals surface area contributed by atoms with Gasteiger partial charge in [-0.25, -0.2) is 4.99 Å². The molecule has 0 saturated carbocycles. The van der Waals surface area contributed by atoms with E-state index in [9.17, 15) is 0 Å². The third-order valence-electron chi connectivity index (χ3n) is 3.89. The van der Waals surface area contributed by atoms with Crippen molar-refractivity contribution in [1.82, 2.24) is 4.90 Å². The van der Waals surface area contributed by atoms with Crippen molar-refractivity contribution in [2.45, 2.75) is 32.2 Å². The molecule has 4 heteroatoms. The molecule has 102 valence electrons. The van der Waals surface area contributed by atoms with Crippen LogP contribution in [0.4, 0.5) is 5.69 Å². The second kappa shape index (κ2) is 5.11.